The first kappa shape index (κ1) is 6.85. The summed E-state index contributed by atoms with van der Waals surface area (Å²) >= 11 is 0. The van der Waals surface area contributed by atoms with Crippen molar-refractivity contribution < 1.29 is 4.74 Å². The second kappa shape index (κ2) is 3.05. The average molecular weight is 151 g/mol. The molecule has 0 amide bonds. The van der Waals surface area contributed by atoms with Gasteiger partial charge in [-0.1, -0.05) is 0 Å². The van der Waals surface area contributed by atoms with Crippen LogP contribution in [0, 0.1) is 6.42 Å². The lowest BCUT2D eigenvalue weighted by Crippen LogP contribution is -2.13. The van der Waals surface area contributed by atoms with Crippen molar-refractivity contribution in [2.24, 2.45) is 0 Å². The highest BCUT2D eigenvalue weighted by Gasteiger charge is 2.17. The van der Waals surface area contributed by atoms with Crippen LogP contribution in [0.25, 0.3) is 0 Å². The molecule has 1 radical (unpaired) electrons. The Hall–Kier alpha value is -0.830. The van der Waals surface area contributed by atoms with Gasteiger partial charge in [0.05, 0.1) is 6.61 Å². The summed E-state index contributed by atoms with van der Waals surface area (Å²) in [4.78, 5) is 7.20. The van der Waals surface area contributed by atoms with E-state index in [0.29, 0.717) is 0 Å². The van der Waals surface area contributed by atoms with Crippen LogP contribution < -0.4 is 0 Å². The highest BCUT2D eigenvalue weighted by atomic mass is 16.5. The van der Waals surface area contributed by atoms with E-state index in [2.05, 4.69) is 16.4 Å². The average Bonchev–Trinajstić information content (AvgIpc) is 2.58. The largest absolute Gasteiger partial charge is 0.370 e. The summed E-state index contributed by atoms with van der Waals surface area (Å²) in [6.45, 7) is 0.755. The van der Waals surface area contributed by atoms with Crippen molar-refractivity contribution in [2.75, 3.05) is 6.61 Å². The zero-order valence-corrected chi connectivity index (χ0v) is 6.29. The molecule has 3 nitrogen and oxygen atoms in total. The first-order valence-electron chi connectivity index (χ1n) is 3.89. The predicted octanol–water partition coefficient (Wildman–Crippen LogP) is 1.47. The first-order chi connectivity index (χ1) is 5.47. The highest BCUT2D eigenvalue weighted by molar-refractivity contribution is 4.94. The molecule has 1 fully saturated rings. The number of ether oxygens (including phenoxy) is 1. The Labute approximate surface area is 65.8 Å². The number of hydrogen-bond donors (Lipinski definition) is 1. The number of nitrogens with zero attached hydrogens (tertiary/aromatic N) is 1. The van der Waals surface area contributed by atoms with Crippen molar-refractivity contribution in [3.8, 4) is 0 Å². The van der Waals surface area contributed by atoms with Crippen LogP contribution in [0.2, 0.25) is 0 Å². The Balaban J connectivity index is 2.04. The van der Waals surface area contributed by atoms with Crippen molar-refractivity contribution in [3.63, 3.8) is 0 Å². The Morgan fingerprint density at radius 3 is 3.27 bits per heavy atom. The summed E-state index contributed by atoms with van der Waals surface area (Å²) in [6, 6.07) is 0. The Morgan fingerprint density at radius 1 is 1.64 bits per heavy atom. The van der Waals surface area contributed by atoms with E-state index in [1.54, 1.807) is 6.20 Å². The molecule has 1 aliphatic rings. The van der Waals surface area contributed by atoms with Crippen LogP contribution in [0.15, 0.2) is 12.4 Å². The van der Waals surface area contributed by atoms with Gasteiger partial charge in [0.15, 0.2) is 0 Å². The van der Waals surface area contributed by atoms with Gasteiger partial charge in [0.25, 0.3) is 0 Å². The number of aromatic nitrogens is 2. The van der Waals surface area contributed by atoms with Gasteiger partial charge in [-0.25, -0.2) is 4.98 Å². The molecular formula is C8H11N2O. The molecule has 1 N–H and O–H groups in total. The molecule has 0 bridgehead atoms. The van der Waals surface area contributed by atoms with Crippen LogP contribution in [0.5, 0.6) is 0 Å². The summed E-state index contributed by atoms with van der Waals surface area (Å²) in [7, 11) is 0. The van der Waals surface area contributed by atoms with Gasteiger partial charge in [0.2, 0.25) is 0 Å². The van der Waals surface area contributed by atoms with Gasteiger partial charge in [0.1, 0.15) is 11.9 Å². The molecule has 2 rings (SSSR count). The number of H-pyrrole nitrogens is 1. The number of aromatic amines is 1. The number of rotatable bonds is 1. The lowest BCUT2D eigenvalue weighted by molar-refractivity contribution is 0.0337. The third-order valence-corrected chi connectivity index (χ3v) is 1.87. The number of nitrogens with one attached hydrogen (secondary N) is 1. The van der Waals surface area contributed by atoms with Gasteiger partial charge >= 0.3 is 0 Å². The molecule has 1 aliphatic heterocycles. The van der Waals surface area contributed by atoms with E-state index in [1.165, 1.54) is 0 Å². The van der Waals surface area contributed by atoms with E-state index < -0.39 is 0 Å². The SMILES string of the molecule is [CH]1CCC(c2ncc[nH]2)OC1. The molecule has 0 aromatic carbocycles. The Morgan fingerprint density at radius 2 is 2.64 bits per heavy atom. The normalized spacial score (nSPS) is 25.3. The fraction of sp³-hybridized carbons (Fsp3) is 0.500. The second-order valence-electron chi connectivity index (χ2n) is 2.66. The minimum Gasteiger partial charge on any atom is -0.370 e. The number of imidazole rings is 1. The van der Waals surface area contributed by atoms with Gasteiger partial charge in [0, 0.05) is 12.4 Å². The zero-order valence-electron chi connectivity index (χ0n) is 6.29. The molecule has 0 spiro atoms. The second-order valence-corrected chi connectivity index (χ2v) is 2.66. The van der Waals surface area contributed by atoms with E-state index in [-0.39, 0.29) is 6.10 Å². The molecule has 0 saturated carbocycles. The maximum absolute atomic E-state index is 5.47. The maximum atomic E-state index is 5.47. The molecule has 3 heteroatoms. The van der Waals surface area contributed by atoms with Crippen LogP contribution in [0.3, 0.4) is 0 Å². The molecule has 59 valence electrons. The molecule has 2 heterocycles. The topological polar surface area (TPSA) is 37.9 Å². The van der Waals surface area contributed by atoms with Crippen LogP contribution >= 0.6 is 0 Å². The van der Waals surface area contributed by atoms with Crippen LogP contribution in [0.4, 0.5) is 0 Å². The summed E-state index contributed by atoms with van der Waals surface area (Å²) in [5, 5.41) is 0. The van der Waals surface area contributed by atoms with Gasteiger partial charge < -0.3 is 9.72 Å². The smallest absolute Gasteiger partial charge is 0.135 e. The van der Waals surface area contributed by atoms with E-state index in [0.717, 1.165) is 25.3 Å². The molecular weight excluding hydrogens is 140 g/mol. The van der Waals surface area contributed by atoms with Gasteiger partial charge in [-0.05, 0) is 19.3 Å². The van der Waals surface area contributed by atoms with Gasteiger partial charge in [-0.15, -0.1) is 0 Å². The van der Waals surface area contributed by atoms with E-state index in [1.807, 2.05) is 6.20 Å². The molecule has 11 heavy (non-hydrogen) atoms. The third kappa shape index (κ3) is 1.43. The summed E-state index contributed by atoms with van der Waals surface area (Å²) in [5.74, 6) is 0.957. The standard InChI is InChI=1S/C8H11N2O/c1-2-6-11-7(3-1)8-9-4-5-10-8/h2,4-5,7H,1,3,6H2,(H,9,10). The van der Waals surface area contributed by atoms with Crippen molar-refractivity contribution in [2.45, 2.75) is 18.9 Å². The van der Waals surface area contributed by atoms with E-state index in [9.17, 15) is 0 Å². The number of hydrogen-bond acceptors (Lipinski definition) is 2. The highest BCUT2D eigenvalue weighted by Crippen LogP contribution is 2.24. The monoisotopic (exact) mass is 151 g/mol. The minimum atomic E-state index is 0.190. The predicted molar refractivity (Wildman–Crippen MR) is 40.8 cm³/mol. The third-order valence-electron chi connectivity index (χ3n) is 1.87. The van der Waals surface area contributed by atoms with Crippen LogP contribution in [0.1, 0.15) is 24.8 Å². The van der Waals surface area contributed by atoms with Gasteiger partial charge in [-0.2, -0.15) is 0 Å². The molecule has 1 aromatic heterocycles. The van der Waals surface area contributed by atoms with E-state index >= 15 is 0 Å². The molecule has 1 aromatic rings. The fourth-order valence-electron chi connectivity index (χ4n) is 1.29. The Bertz CT molecular complexity index is 202. The first-order valence-corrected chi connectivity index (χ1v) is 3.89. The summed E-state index contributed by atoms with van der Waals surface area (Å²) in [5.41, 5.74) is 0. The minimum absolute atomic E-state index is 0.190. The molecule has 1 saturated heterocycles. The lowest BCUT2D eigenvalue weighted by Gasteiger charge is -2.19. The lowest BCUT2D eigenvalue weighted by atomic mass is 10.1. The fourth-order valence-corrected chi connectivity index (χ4v) is 1.29. The molecule has 0 aliphatic carbocycles. The van der Waals surface area contributed by atoms with Crippen molar-refractivity contribution in [1.82, 2.24) is 9.97 Å². The summed E-state index contributed by atoms with van der Waals surface area (Å²) in [6.07, 6.45) is 8.11. The maximum Gasteiger partial charge on any atom is 0.135 e. The summed E-state index contributed by atoms with van der Waals surface area (Å²) < 4.78 is 5.47. The zero-order chi connectivity index (χ0) is 7.52. The van der Waals surface area contributed by atoms with Crippen molar-refractivity contribution in [1.29, 1.82) is 0 Å². The van der Waals surface area contributed by atoms with Crippen LogP contribution in [-0.2, 0) is 4.74 Å². The quantitative estimate of drug-likeness (QED) is 0.660. The van der Waals surface area contributed by atoms with Gasteiger partial charge in [-0.3, -0.25) is 0 Å². The van der Waals surface area contributed by atoms with Crippen molar-refractivity contribution >= 4 is 0 Å². The van der Waals surface area contributed by atoms with Crippen molar-refractivity contribution in [3.05, 3.63) is 24.6 Å². The van der Waals surface area contributed by atoms with Crippen LogP contribution in [-0.4, -0.2) is 16.6 Å². The Kier molecular flexibility index (Phi) is 1.90. The van der Waals surface area contributed by atoms with E-state index in [4.69, 9.17) is 4.74 Å². The molecule has 1 unspecified atom stereocenters. The molecule has 1 atom stereocenters.